The lowest BCUT2D eigenvalue weighted by molar-refractivity contribution is -0.160. The van der Waals surface area contributed by atoms with Gasteiger partial charge in [-0.2, -0.15) is 5.10 Å². The van der Waals surface area contributed by atoms with Gasteiger partial charge in [0.25, 0.3) is 5.56 Å². The second-order valence-corrected chi connectivity index (χ2v) is 11.0. The van der Waals surface area contributed by atoms with E-state index < -0.39 is 5.60 Å². The van der Waals surface area contributed by atoms with Crippen molar-refractivity contribution in [2.24, 2.45) is 11.8 Å². The molecule has 7 nitrogen and oxygen atoms in total. The van der Waals surface area contributed by atoms with Crippen LogP contribution < -0.4 is 5.56 Å². The first-order valence-corrected chi connectivity index (χ1v) is 13.1. The average Bonchev–Trinajstić information content (AvgIpc) is 2.86. The molecule has 0 saturated heterocycles. The van der Waals surface area contributed by atoms with Crippen LogP contribution in [-0.4, -0.2) is 39.5 Å². The maximum absolute atomic E-state index is 13.1. The Bertz CT molecular complexity index is 1240. The predicted molar refractivity (Wildman–Crippen MR) is 144 cm³/mol. The molecule has 1 saturated carbocycles. The number of nitrogens with zero attached hydrogens (tertiary/aromatic N) is 3. The van der Waals surface area contributed by atoms with Gasteiger partial charge in [-0.05, 0) is 82.9 Å². The van der Waals surface area contributed by atoms with Gasteiger partial charge in [0.05, 0.1) is 6.61 Å². The number of carbonyl (C=O) groups is 1. The van der Waals surface area contributed by atoms with E-state index in [1.807, 2.05) is 76.4 Å². The Morgan fingerprint density at radius 3 is 2.35 bits per heavy atom. The highest BCUT2D eigenvalue weighted by Crippen LogP contribution is 2.31. The fourth-order valence-corrected chi connectivity index (χ4v) is 4.79. The number of aryl methyl sites for hydroxylation is 1. The lowest BCUT2D eigenvalue weighted by atomic mass is 9.82. The van der Waals surface area contributed by atoms with Crippen molar-refractivity contribution in [1.29, 1.82) is 0 Å². The summed E-state index contributed by atoms with van der Waals surface area (Å²) >= 11 is 0. The van der Waals surface area contributed by atoms with E-state index in [2.05, 4.69) is 4.98 Å². The largest absolute Gasteiger partial charge is 0.458 e. The van der Waals surface area contributed by atoms with Crippen molar-refractivity contribution >= 4 is 5.97 Å². The molecule has 196 valence electrons. The van der Waals surface area contributed by atoms with Gasteiger partial charge in [-0.25, -0.2) is 9.48 Å². The quantitative estimate of drug-likeness (QED) is 0.380. The van der Waals surface area contributed by atoms with Crippen LogP contribution >= 0.6 is 0 Å². The van der Waals surface area contributed by atoms with Gasteiger partial charge >= 0.3 is 5.97 Å². The summed E-state index contributed by atoms with van der Waals surface area (Å²) in [6.07, 6.45) is 5.82. The number of rotatable bonds is 8. The first kappa shape index (κ1) is 26.7. The van der Waals surface area contributed by atoms with Crippen molar-refractivity contribution in [2.75, 3.05) is 13.2 Å². The van der Waals surface area contributed by atoms with E-state index in [4.69, 9.17) is 14.6 Å². The van der Waals surface area contributed by atoms with Crippen LogP contribution in [-0.2, 0) is 20.8 Å². The summed E-state index contributed by atoms with van der Waals surface area (Å²) in [6, 6.07) is 15.6. The molecule has 0 bridgehead atoms. The standard InChI is InChI=1S/C30H37N3O4/c1-21-10-15-25(17-31-21)29-26(24-8-6-5-7-9-24)16-27(34)33(32-29)18-22-11-13-23(14-12-22)19-36-20-28(35)37-30(2,3)4/h5-10,15-17,22-23H,11-14,18-20H2,1-4H3. The lowest BCUT2D eigenvalue weighted by Gasteiger charge is -2.28. The summed E-state index contributed by atoms with van der Waals surface area (Å²) in [5, 5.41) is 4.85. The van der Waals surface area contributed by atoms with Crippen molar-refractivity contribution in [3.8, 4) is 22.4 Å². The van der Waals surface area contributed by atoms with Crippen LogP contribution in [0, 0.1) is 18.8 Å². The second-order valence-electron chi connectivity index (χ2n) is 11.0. The molecule has 0 atom stereocenters. The number of aromatic nitrogens is 3. The molecular formula is C30H37N3O4. The highest BCUT2D eigenvalue weighted by molar-refractivity contribution is 5.79. The van der Waals surface area contributed by atoms with Gasteiger partial charge in [-0.3, -0.25) is 9.78 Å². The maximum Gasteiger partial charge on any atom is 0.332 e. The predicted octanol–water partition coefficient (Wildman–Crippen LogP) is 5.45. The Hall–Kier alpha value is -3.32. The minimum absolute atomic E-state index is 0.0130. The summed E-state index contributed by atoms with van der Waals surface area (Å²) < 4.78 is 12.5. The number of esters is 1. The Morgan fingerprint density at radius 1 is 1.00 bits per heavy atom. The number of ether oxygens (including phenoxy) is 2. The van der Waals surface area contributed by atoms with Crippen molar-refractivity contribution < 1.29 is 14.3 Å². The smallest absolute Gasteiger partial charge is 0.332 e. The van der Waals surface area contributed by atoms with E-state index in [1.165, 1.54) is 0 Å². The van der Waals surface area contributed by atoms with Crippen LogP contribution in [0.5, 0.6) is 0 Å². The zero-order valence-corrected chi connectivity index (χ0v) is 22.3. The monoisotopic (exact) mass is 503 g/mol. The normalized spacial score (nSPS) is 17.9. The fourth-order valence-electron chi connectivity index (χ4n) is 4.79. The molecule has 2 heterocycles. The maximum atomic E-state index is 13.1. The first-order chi connectivity index (χ1) is 17.7. The highest BCUT2D eigenvalue weighted by atomic mass is 16.6. The molecule has 1 fully saturated rings. The molecule has 0 amide bonds. The fraction of sp³-hybridized carbons (Fsp3) is 0.467. The molecule has 0 aliphatic heterocycles. The highest BCUT2D eigenvalue weighted by Gasteiger charge is 2.24. The summed E-state index contributed by atoms with van der Waals surface area (Å²) in [7, 11) is 0. The molecule has 1 aliphatic carbocycles. The van der Waals surface area contributed by atoms with Crippen LogP contribution in [0.4, 0.5) is 0 Å². The second kappa shape index (κ2) is 11.8. The van der Waals surface area contributed by atoms with Gasteiger partial charge in [0.1, 0.15) is 17.9 Å². The lowest BCUT2D eigenvalue weighted by Crippen LogP contribution is -2.30. The molecule has 3 aromatic rings. The van der Waals surface area contributed by atoms with E-state index in [9.17, 15) is 9.59 Å². The van der Waals surface area contributed by atoms with Gasteiger partial charge < -0.3 is 9.47 Å². The summed E-state index contributed by atoms with van der Waals surface area (Å²) in [6.45, 7) is 8.63. The van der Waals surface area contributed by atoms with E-state index in [-0.39, 0.29) is 18.1 Å². The molecular weight excluding hydrogens is 466 g/mol. The molecule has 0 spiro atoms. The third-order valence-electron chi connectivity index (χ3n) is 6.66. The van der Waals surface area contributed by atoms with E-state index in [0.29, 0.717) is 25.0 Å². The van der Waals surface area contributed by atoms with E-state index in [0.717, 1.165) is 53.8 Å². The Balaban J connectivity index is 1.41. The SMILES string of the molecule is Cc1ccc(-c2nn(CC3CCC(COCC(=O)OC(C)(C)C)CC3)c(=O)cc2-c2ccccc2)cn1. The number of benzene rings is 1. The molecule has 4 rings (SSSR count). The summed E-state index contributed by atoms with van der Waals surface area (Å²) in [5.41, 5.74) is 3.78. The molecule has 0 unspecified atom stereocenters. The summed E-state index contributed by atoms with van der Waals surface area (Å²) in [5.74, 6) is 0.460. The number of hydrogen-bond acceptors (Lipinski definition) is 6. The van der Waals surface area contributed by atoms with Crippen molar-refractivity contribution in [3.05, 3.63) is 70.8 Å². The summed E-state index contributed by atoms with van der Waals surface area (Å²) in [4.78, 5) is 29.4. The van der Waals surface area contributed by atoms with Gasteiger partial charge in [-0.1, -0.05) is 30.3 Å². The molecule has 1 aliphatic rings. The topological polar surface area (TPSA) is 83.3 Å². The first-order valence-electron chi connectivity index (χ1n) is 13.1. The van der Waals surface area contributed by atoms with Crippen molar-refractivity contribution in [3.63, 3.8) is 0 Å². The van der Waals surface area contributed by atoms with Crippen LogP contribution in [0.15, 0.2) is 59.5 Å². The van der Waals surface area contributed by atoms with Gasteiger partial charge in [-0.15, -0.1) is 0 Å². The van der Waals surface area contributed by atoms with Gasteiger partial charge in [0, 0.05) is 35.6 Å². The van der Waals surface area contributed by atoms with Gasteiger partial charge in [0.2, 0.25) is 0 Å². The molecule has 0 radical (unpaired) electrons. The third kappa shape index (κ3) is 7.59. The van der Waals surface area contributed by atoms with E-state index in [1.54, 1.807) is 10.7 Å². The molecule has 7 heteroatoms. The van der Waals surface area contributed by atoms with Crippen LogP contribution in [0.3, 0.4) is 0 Å². The third-order valence-corrected chi connectivity index (χ3v) is 6.66. The average molecular weight is 504 g/mol. The zero-order valence-electron chi connectivity index (χ0n) is 22.3. The van der Waals surface area contributed by atoms with Crippen molar-refractivity contribution in [2.45, 2.75) is 65.5 Å². The molecule has 1 aromatic carbocycles. The Morgan fingerprint density at radius 2 is 1.70 bits per heavy atom. The van der Waals surface area contributed by atoms with Crippen molar-refractivity contribution in [1.82, 2.24) is 14.8 Å². The molecule has 0 N–H and O–H groups in total. The number of hydrogen-bond donors (Lipinski definition) is 0. The Kier molecular flexibility index (Phi) is 8.54. The molecule has 37 heavy (non-hydrogen) atoms. The molecule has 2 aromatic heterocycles. The minimum Gasteiger partial charge on any atom is -0.458 e. The number of carbonyl (C=O) groups excluding carboxylic acids is 1. The zero-order chi connectivity index (χ0) is 26.4. The van der Waals surface area contributed by atoms with E-state index >= 15 is 0 Å². The van der Waals surface area contributed by atoms with Crippen LogP contribution in [0.1, 0.15) is 52.1 Å². The Labute approximate surface area is 218 Å². The van der Waals surface area contributed by atoms with Crippen LogP contribution in [0.25, 0.3) is 22.4 Å². The van der Waals surface area contributed by atoms with Gasteiger partial charge in [0.15, 0.2) is 0 Å². The minimum atomic E-state index is -0.500. The number of pyridine rings is 1. The van der Waals surface area contributed by atoms with Crippen LogP contribution in [0.2, 0.25) is 0 Å².